The van der Waals surface area contributed by atoms with Gasteiger partial charge in [0.1, 0.15) is 6.61 Å². The Bertz CT molecular complexity index is 417. The number of carbonyl (C=O) groups is 2. The maximum atomic E-state index is 11.9. The largest absolute Gasteiger partial charge is 0.478 e. The zero-order valence-corrected chi connectivity index (χ0v) is 9.61. The first-order valence-electron chi connectivity index (χ1n) is 5.17. The minimum absolute atomic E-state index is 0.0533. The number of nitrogens with zero attached hydrogens (tertiary/aromatic N) is 1. The Morgan fingerprint density at radius 1 is 1.63 bits per heavy atom. The summed E-state index contributed by atoms with van der Waals surface area (Å²) >= 11 is 0. The van der Waals surface area contributed by atoms with Crippen LogP contribution in [0.15, 0.2) is 16.3 Å². The molecule has 0 aromatic heterocycles. The lowest BCUT2D eigenvalue weighted by Gasteiger charge is -2.19. The molecule has 0 bridgehead atoms. The van der Waals surface area contributed by atoms with E-state index >= 15 is 0 Å². The van der Waals surface area contributed by atoms with Crippen LogP contribution in [0.25, 0.3) is 0 Å². The van der Waals surface area contributed by atoms with Gasteiger partial charge < -0.3 is 15.2 Å². The van der Waals surface area contributed by atoms with Crippen molar-refractivity contribution in [2.45, 2.75) is 18.6 Å². The van der Waals surface area contributed by atoms with Gasteiger partial charge in [-0.15, -0.1) is 0 Å². The van der Waals surface area contributed by atoms with Crippen molar-refractivity contribution in [2.24, 2.45) is 4.99 Å². The predicted molar refractivity (Wildman–Crippen MR) is 57.6 cm³/mol. The molecule has 1 amide bonds. The molecule has 0 saturated carbocycles. The summed E-state index contributed by atoms with van der Waals surface area (Å²) in [6.07, 6.45) is -2.89. The predicted octanol–water partition coefficient (Wildman–Crippen LogP) is 0.493. The Morgan fingerprint density at radius 3 is 2.84 bits per heavy atom. The smallest absolute Gasteiger partial charge is 0.411 e. The van der Waals surface area contributed by atoms with Crippen molar-refractivity contribution in [1.82, 2.24) is 5.32 Å². The number of amides is 1. The summed E-state index contributed by atoms with van der Waals surface area (Å²) in [7, 11) is 0. The van der Waals surface area contributed by atoms with Crippen molar-refractivity contribution in [3.8, 4) is 0 Å². The van der Waals surface area contributed by atoms with Gasteiger partial charge in [0.05, 0.1) is 23.9 Å². The van der Waals surface area contributed by atoms with E-state index in [-0.39, 0.29) is 17.7 Å². The Morgan fingerprint density at radius 2 is 2.32 bits per heavy atom. The molecule has 0 aromatic rings. The van der Waals surface area contributed by atoms with Gasteiger partial charge in [0, 0.05) is 12.6 Å². The van der Waals surface area contributed by atoms with Crippen molar-refractivity contribution >= 4 is 18.6 Å². The van der Waals surface area contributed by atoms with E-state index in [0.717, 1.165) is 0 Å². The number of halogens is 3. The second-order valence-electron chi connectivity index (χ2n) is 3.71. The van der Waals surface area contributed by atoms with E-state index < -0.39 is 31.4 Å². The fraction of sp³-hybridized carbons (Fsp3) is 0.500. The van der Waals surface area contributed by atoms with Crippen LogP contribution in [0.3, 0.4) is 0 Å². The van der Waals surface area contributed by atoms with Crippen molar-refractivity contribution in [3.63, 3.8) is 0 Å². The molecule has 19 heavy (non-hydrogen) atoms. The van der Waals surface area contributed by atoms with Gasteiger partial charge in [0.25, 0.3) is 0 Å². The van der Waals surface area contributed by atoms with Crippen molar-refractivity contribution in [1.29, 1.82) is 0 Å². The molecule has 1 atom stereocenters. The van der Waals surface area contributed by atoms with Gasteiger partial charge in [-0.3, -0.25) is 9.79 Å². The second-order valence-corrected chi connectivity index (χ2v) is 3.71. The quantitative estimate of drug-likeness (QED) is 0.693. The van der Waals surface area contributed by atoms with E-state index in [1.807, 2.05) is 0 Å². The van der Waals surface area contributed by atoms with E-state index in [0.29, 0.717) is 6.41 Å². The number of rotatable bonds is 6. The Balaban J connectivity index is 2.68. The number of carboxylic acid groups (broad SMARTS) is 1. The van der Waals surface area contributed by atoms with E-state index in [1.54, 1.807) is 0 Å². The molecular weight excluding hydrogens is 269 g/mol. The highest BCUT2D eigenvalue weighted by molar-refractivity contribution is 5.90. The summed E-state index contributed by atoms with van der Waals surface area (Å²) in [5, 5.41) is 11.3. The van der Waals surface area contributed by atoms with Gasteiger partial charge in [0.2, 0.25) is 6.41 Å². The molecule has 0 radical (unpaired) electrons. The molecule has 6 nitrogen and oxygen atoms in total. The van der Waals surface area contributed by atoms with Crippen LogP contribution >= 0.6 is 0 Å². The van der Waals surface area contributed by atoms with Crippen molar-refractivity contribution in [2.75, 3.05) is 13.2 Å². The highest BCUT2D eigenvalue weighted by Crippen LogP contribution is 2.20. The molecule has 0 spiro atoms. The Labute approximate surface area is 106 Å². The molecule has 0 aromatic carbocycles. The van der Waals surface area contributed by atoms with E-state index in [2.05, 4.69) is 15.0 Å². The highest BCUT2D eigenvalue weighted by atomic mass is 19.4. The molecule has 1 aliphatic heterocycles. The maximum Gasteiger partial charge on any atom is 0.411 e. The SMILES string of the molecule is O=CNC1C=NC(COCC(F)(F)F)=C(C(=O)O)C1. The molecule has 9 heteroatoms. The van der Waals surface area contributed by atoms with Crippen LogP contribution in [0.1, 0.15) is 6.42 Å². The van der Waals surface area contributed by atoms with Crippen molar-refractivity contribution < 1.29 is 32.6 Å². The van der Waals surface area contributed by atoms with Crippen LogP contribution in [0, 0.1) is 0 Å². The van der Waals surface area contributed by atoms with Crippen LogP contribution in [-0.2, 0) is 14.3 Å². The summed E-state index contributed by atoms with van der Waals surface area (Å²) in [6, 6.07) is -0.588. The molecule has 0 saturated heterocycles. The van der Waals surface area contributed by atoms with Gasteiger partial charge in [0.15, 0.2) is 0 Å². The molecule has 0 aliphatic carbocycles. The monoisotopic (exact) mass is 280 g/mol. The third kappa shape index (κ3) is 5.08. The number of aliphatic carboxylic acids is 1. The molecule has 106 valence electrons. The lowest BCUT2D eigenvalue weighted by Crippen LogP contribution is -2.33. The number of hydrogen-bond donors (Lipinski definition) is 2. The number of carboxylic acids is 1. The molecule has 1 aliphatic rings. The fourth-order valence-corrected chi connectivity index (χ4v) is 1.44. The summed E-state index contributed by atoms with van der Waals surface area (Å²) < 4.78 is 40.0. The zero-order chi connectivity index (χ0) is 14.5. The number of ether oxygens (including phenoxy) is 1. The standard InChI is InChI=1S/C10H11F3N2O4/c11-10(12,13)4-19-3-8-7(9(17)18)1-6(2-14-8)15-5-16/h2,5-6H,1,3-4H2,(H,15,16)(H,17,18). The lowest BCUT2D eigenvalue weighted by atomic mass is 10.0. The second kappa shape index (κ2) is 6.32. The molecular formula is C10H11F3N2O4. The maximum absolute atomic E-state index is 11.9. The molecule has 0 fully saturated rings. The van der Waals surface area contributed by atoms with Gasteiger partial charge in [-0.2, -0.15) is 13.2 Å². The first kappa shape index (κ1) is 15.2. The first-order chi connectivity index (χ1) is 8.83. The summed E-state index contributed by atoms with van der Waals surface area (Å²) in [5.74, 6) is -1.31. The van der Waals surface area contributed by atoms with Crippen LogP contribution in [0.2, 0.25) is 0 Å². The van der Waals surface area contributed by atoms with Crippen LogP contribution in [0.5, 0.6) is 0 Å². The first-order valence-corrected chi connectivity index (χ1v) is 5.17. The molecule has 1 heterocycles. The third-order valence-electron chi connectivity index (χ3n) is 2.23. The van der Waals surface area contributed by atoms with Gasteiger partial charge in [-0.05, 0) is 0 Å². The van der Waals surface area contributed by atoms with Crippen LogP contribution in [-0.4, -0.2) is 49.1 Å². The van der Waals surface area contributed by atoms with Gasteiger partial charge in [-0.1, -0.05) is 0 Å². The number of hydrogen-bond acceptors (Lipinski definition) is 4. The average molecular weight is 280 g/mol. The Kier molecular flexibility index (Phi) is 5.04. The lowest BCUT2D eigenvalue weighted by molar-refractivity contribution is -0.171. The molecule has 1 unspecified atom stereocenters. The third-order valence-corrected chi connectivity index (χ3v) is 2.23. The van der Waals surface area contributed by atoms with E-state index in [9.17, 15) is 22.8 Å². The summed E-state index contributed by atoms with van der Waals surface area (Å²) in [4.78, 5) is 24.9. The highest BCUT2D eigenvalue weighted by Gasteiger charge is 2.28. The minimum atomic E-state index is -4.48. The number of alkyl halides is 3. The summed E-state index contributed by atoms with van der Waals surface area (Å²) in [6.45, 7) is -2.03. The molecule has 2 N–H and O–H groups in total. The van der Waals surface area contributed by atoms with Crippen LogP contribution in [0.4, 0.5) is 13.2 Å². The zero-order valence-electron chi connectivity index (χ0n) is 9.61. The number of aliphatic imine (C=N–C) groups is 1. The van der Waals surface area contributed by atoms with Gasteiger partial charge in [-0.25, -0.2) is 4.79 Å². The summed E-state index contributed by atoms with van der Waals surface area (Å²) in [5.41, 5.74) is -0.260. The van der Waals surface area contributed by atoms with E-state index in [1.165, 1.54) is 6.21 Å². The van der Waals surface area contributed by atoms with Crippen molar-refractivity contribution in [3.05, 3.63) is 11.3 Å². The Hall–Kier alpha value is -1.90. The normalized spacial score (nSPS) is 19.4. The number of nitrogens with one attached hydrogen (secondary N) is 1. The minimum Gasteiger partial charge on any atom is -0.478 e. The molecule has 1 rings (SSSR count). The average Bonchev–Trinajstić information content (AvgIpc) is 2.29. The topological polar surface area (TPSA) is 88.0 Å². The fourth-order valence-electron chi connectivity index (χ4n) is 1.44. The van der Waals surface area contributed by atoms with Gasteiger partial charge >= 0.3 is 12.1 Å². The van der Waals surface area contributed by atoms with E-state index in [4.69, 9.17) is 5.11 Å². The van der Waals surface area contributed by atoms with Crippen LogP contribution < -0.4 is 5.32 Å². The number of carbonyl (C=O) groups excluding carboxylic acids is 1.